The lowest BCUT2D eigenvalue weighted by Crippen LogP contribution is -1.90. The Bertz CT molecular complexity index is 2440. The molecule has 60 heavy (non-hydrogen) atoms. The first-order valence-electron chi connectivity index (χ1n) is 24.1. The van der Waals surface area contributed by atoms with Gasteiger partial charge in [0.15, 0.2) is 0 Å². The average Bonchev–Trinajstić information content (AvgIpc) is 4.07. The van der Waals surface area contributed by atoms with Crippen LogP contribution in [0, 0.1) is 0 Å². The first kappa shape index (κ1) is 42.8. The number of rotatable bonds is 24. The maximum absolute atomic E-state index is 2.45. The van der Waals surface area contributed by atoms with E-state index in [1.807, 2.05) is 22.7 Å². The molecule has 0 aliphatic rings. The maximum atomic E-state index is 2.45. The maximum Gasteiger partial charge on any atom is 0.0590 e. The molecule has 4 heteroatoms. The first-order valence-corrected chi connectivity index (χ1v) is 25.7. The van der Waals surface area contributed by atoms with Crippen molar-refractivity contribution in [3.8, 4) is 21.1 Å². The lowest BCUT2D eigenvalue weighted by atomic mass is 9.95. The molecule has 316 valence electrons. The van der Waals surface area contributed by atoms with E-state index in [1.165, 1.54) is 226 Å². The monoisotopic (exact) mass is 834 g/mol. The van der Waals surface area contributed by atoms with Crippen molar-refractivity contribution in [1.29, 1.82) is 0 Å². The Morgan fingerprint density at radius 3 is 1.10 bits per heavy atom. The molecule has 0 saturated heterocycles. The van der Waals surface area contributed by atoms with Gasteiger partial charge >= 0.3 is 0 Å². The molecule has 0 aliphatic carbocycles. The van der Waals surface area contributed by atoms with Crippen molar-refractivity contribution in [2.45, 2.75) is 155 Å². The summed E-state index contributed by atoms with van der Waals surface area (Å²) >= 11 is 3.98. The molecule has 4 heterocycles. The Kier molecular flexibility index (Phi) is 14.8. The van der Waals surface area contributed by atoms with Gasteiger partial charge in [-0.1, -0.05) is 154 Å². The SMILES string of the molecule is CCCCCCCCCCCCc1ccc(-c2cc3cc4ccc5c6cc7c(cc(-c8ccc(CCCCCCCCCCCC)s8)n7C)cc6ccc5c4cc3n2C)s1. The highest BCUT2D eigenvalue weighted by atomic mass is 32.1. The molecule has 0 radical (unpaired) electrons. The van der Waals surface area contributed by atoms with Crippen LogP contribution in [-0.2, 0) is 26.9 Å². The fourth-order valence-electron chi connectivity index (χ4n) is 9.89. The molecule has 8 rings (SSSR count). The molecule has 0 saturated carbocycles. The van der Waals surface area contributed by atoms with Crippen LogP contribution in [-0.4, -0.2) is 9.13 Å². The van der Waals surface area contributed by atoms with E-state index < -0.39 is 0 Å². The summed E-state index contributed by atoms with van der Waals surface area (Å²) < 4.78 is 4.85. The fourth-order valence-corrected chi connectivity index (χ4v) is 12.1. The van der Waals surface area contributed by atoms with Gasteiger partial charge in [0, 0.05) is 45.7 Å². The minimum Gasteiger partial charge on any atom is -0.343 e. The van der Waals surface area contributed by atoms with Crippen molar-refractivity contribution >= 4 is 76.8 Å². The van der Waals surface area contributed by atoms with Gasteiger partial charge in [-0.15, -0.1) is 22.7 Å². The topological polar surface area (TPSA) is 9.86 Å². The molecule has 8 aromatic rings. The molecule has 0 aliphatic heterocycles. The van der Waals surface area contributed by atoms with Crippen molar-refractivity contribution in [2.75, 3.05) is 0 Å². The fraction of sp³-hybridized carbons (Fsp3) is 0.464. The van der Waals surface area contributed by atoms with Gasteiger partial charge in [-0.3, -0.25) is 0 Å². The van der Waals surface area contributed by atoms with E-state index in [9.17, 15) is 0 Å². The standard InChI is InChI=1S/C56H70N2S2/c1-5-7-9-11-13-15-17-19-21-23-25-45-29-33-55(59-45)53-37-43-35-41-27-31-48-47(49(41)39-51(43)57(53)3)32-28-42-36-44-38-54(58(4)52(44)40-50(42)48)56-34-30-46(60-56)26-24-22-20-18-16-14-12-10-8-6-2/h27-40H,5-26H2,1-4H3. The van der Waals surface area contributed by atoms with Crippen LogP contribution in [0.3, 0.4) is 0 Å². The van der Waals surface area contributed by atoms with Crippen LogP contribution in [0.1, 0.15) is 152 Å². The number of aryl methyl sites for hydroxylation is 4. The van der Waals surface area contributed by atoms with Crippen molar-refractivity contribution in [2.24, 2.45) is 14.1 Å². The second kappa shape index (κ2) is 20.8. The summed E-state index contributed by atoms with van der Waals surface area (Å²) in [6.45, 7) is 4.60. The van der Waals surface area contributed by atoms with Crippen LogP contribution in [0.25, 0.3) is 75.3 Å². The molecular weight excluding hydrogens is 765 g/mol. The van der Waals surface area contributed by atoms with Gasteiger partial charge in [0.25, 0.3) is 0 Å². The van der Waals surface area contributed by atoms with E-state index in [0.29, 0.717) is 0 Å². The summed E-state index contributed by atoms with van der Waals surface area (Å²) in [6, 6.07) is 33.4. The van der Waals surface area contributed by atoms with Crippen molar-refractivity contribution in [3.63, 3.8) is 0 Å². The number of hydrogen-bond donors (Lipinski definition) is 0. The Morgan fingerprint density at radius 2 is 0.717 bits per heavy atom. The number of unbranched alkanes of at least 4 members (excludes halogenated alkanes) is 18. The predicted molar refractivity (Wildman–Crippen MR) is 270 cm³/mol. The number of thiophene rings is 2. The molecule has 4 aromatic heterocycles. The Hall–Kier alpha value is -3.86. The summed E-state index contributed by atoms with van der Waals surface area (Å²) in [5.41, 5.74) is 5.27. The average molecular weight is 835 g/mol. The highest BCUT2D eigenvalue weighted by molar-refractivity contribution is 7.15. The molecule has 0 N–H and O–H groups in total. The zero-order valence-corrected chi connectivity index (χ0v) is 39.0. The first-order chi connectivity index (χ1) is 29.5. The van der Waals surface area contributed by atoms with Crippen molar-refractivity contribution in [1.82, 2.24) is 9.13 Å². The second-order valence-corrected chi connectivity index (χ2v) is 20.4. The van der Waals surface area contributed by atoms with E-state index >= 15 is 0 Å². The third-order valence-electron chi connectivity index (χ3n) is 13.5. The van der Waals surface area contributed by atoms with Gasteiger partial charge in [0.05, 0.1) is 21.1 Å². The second-order valence-electron chi connectivity index (χ2n) is 18.1. The number of nitrogens with zero attached hydrogens (tertiary/aromatic N) is 2. The largest absolute Gasteiger partial charge is 0.343 e. The molecule has 0 atom stereocenters. The molecule has 4 aromatic carbocycles. The van der Waals surface area contributed by atoms with Gasteiger partial charge in [0.1, 0.15) is 0 Å². The summed E-state index contributed by atoms with van der Waals surface area (Å²) in [5.74, 6) is 0. The van der Waals surface area contributed by atoms with Gasteiger partial charge in [-0.05, 0) is 119 Å². The number of aromatic nitrogens is 2. The summed E-state index contributed by atoms with van der Waals surface area (Å²) in [6.07, 6.45) is 30.2. The molecule has 0 unspecified atom stereocenters. The van der Waals surface area contributed by atoms with Crippen molar-refractivity contribution in [3.05, 3.63) is 94.7 Å². The molecule has 0 fully saturated rings. The Labute approximate surface area is 369 Å². The predicted octanol–water partition coefficient (Wildman–Crippen LogP) is 18.5. The van der Waals surface area contributed by atoms with Gasteiger partial charge in [-0.2, -0.15) is 0 Å². The molecule has 0 bridgehead atoms. The highest BCUT2D eigenvalue weighted by Gasteiger charge is 2.16. The lowest BCUT2D eigenvalue weighted by molar-refractivity contribution is 0.557. The van der Waals surface area contributed by atoms with Crippen LogP contribution in [0.5, 0.6) is 0 Å². The smallest absolute Gasteiger partial charge is 0.0590 e. The minimum absolute atomic E-state index is 1.21. The molecule has 0 spiro atoms. The number of fused-ring (bicyclic) bond motifs is 7. The van der Waals surface area contributed by atoms with E-state index in [0.717, 1.165) is 0 Å². The summed E-state index contributed by atoms with van der Waals surface area (Å²) in [7, 11) is 4.51. The Balaban J connectivity index is 0.944. The zero-order chi connectivity index (χ0) is 41.3. The molecule has 0 amide bonds. The molecule has 2 nitrogen and oxygen atoms in total. The van der Waals surface area contributed by atoms with Crippen LogP contribution >= 0.6 is 22.7 Å². The van der Waals surface area contributed by atoms with E-state index in [4.69, 9.17) is 0 Å². The lowest BCUT2D eigenvalue weighted by Gasteiger charge is -2.10. The zero-order valence-electron chi connectivity index (χ0n) is 37.4. The van der Waals surface area contributed by atoms with Crippen molar-refractivity contribution < 1.29 is 0 Å². The quantitative estimate of drug-likeness (QED) is 0.0424. The Morgan fingerprint density at radius 1 is 0.350 bits per heavy atom. The normalized spacial score (nSPS) is 12.1. The number of benzene rings is 4. The van der Waals surface area contributed by atoms with Gasteiger partial charge in [0.2, 0.25) is 0 Å². The van der Waals surface area contributed by atoms with Crippen LogP contribution in [0.15, 0.2) is 84.9 Å². The molecular formula is C56H70N2S2. The summed E-state index contributed by atoms with van der Waals surface area (Å²) in [5, 5.41) is 10.6. The van der Waals surface area contributed by atoms with E-state index in [2.05, 4.69) is 122 Å². The number of hydrogen-bond acceptors (Lipinski definition) is 2. The third-order valence-corrected chi connectivity index (χ3v) is 15.9. The van der Waals surface area contributed by atoms with Gasteiger partial charge in [-0.25, -0.2) is 0 Å². The van der Waals surface area contributed by atoms with Gasteiger partial charge < -0.3 is 9.13 Å². The van der Waals surface area contributed by atoms with Crippen LogP contribution in [0.2, 0.25) is 0 Å². The minimum atomic E-state index is 1.21. The van der Waals surface area contributed by atoms with E-state index in [1.54, 1.807) is 0 Å². The van der Waals surface area contributed by atoms with E-state index in [-0.39, 0.29) is 0 Å². The highest BCUT2D eigenvalue weighted by Crippen LogP contribution is 2.40. The van der Waals surface area contributed by atoms with Crippen LogP contribution in [0.4, 0.5) is 0 Å². The third kappa shape index (κ3) is 9.92. The van der Waals surface area contributed by atoms with Crippen LogP contribution < -0.4 is 0 Å². The summed E-state index contributed by atoms with van der Waals surface area (Å²) in [4.78, 5) is 5.82.